The van der Waals surface area contributed by atoms with Crippen molar-refractivity contribution in [3.63, 3.8) is 0 Å². The van der Waals surface area contributed by atoms with Crippen LogP contribution in [0.5, 0.6) is 0 Å². The second-order valence-corrected chi connectivity index (χ2v) is 5.84. The van der Waals surface area contributed by atoms with Gasteiger partial charge in [0.15, 0.2) is 0 Å². The molecule has 0 aliphatic carbocycles. The third kappa shape index (κ3) is 4.89. The van der Waals surface area contributed by atoms with Crippen molar-refractivity contribution in [2.75, 3.05) is 12.3 Å². The quantitative estimate of drug-likeness (QED) is 0.752. The van der Waals surface area contributed by atoms with Crippen molar-refractivity contribution in [1.82, 2.24) is 5.32 Å². The molecule has 4 heteroatoms. The van der Waals surface area contributed by atoms with Crippen LogP contribution in [0.3, 0.4) is 0 Å². The van der Waals surface area contributed by atoms with Gasteiger partial charge in [-0.1, -0.05) is 13.8 Å². The molecular weight excluding hydrogens is 210 g/mol. The van der Waals surface area contributed by atoms with E-state index in [1.807, 2.05) is 0 Å². The highest BCUT2D eigenvalue weighted by Gasteiger charge is 2.23. The van der Waals surface area contributed by atoms with E-state index in [0.29, 0.717) is 12.5 Å². The number of carbonyl (C=O) groups excluding carboxylic acids is 1. The second kappa shape index (κ2) is 6.38. The Hall–Kier alpha value is -0.220. The van der Waals surface area contributed by atoms with Gasteiger partial charge in [0.1, 0.15) is 0 Å². The van der Waals surface area contributed by atoms with Crippen LogP contribution in [-0.4, -0.2) is 34.7 Å². The van der Waals surface area contributed by atoms with Crippen LogP contribution >= 0.6 is 11.8 Å². The molecule has 0 bridgehead atoms. The highest BCUT2D eigenvalue weighted by molar-refractivity contribution is 8.00. The van der Waals surface area contributed by atoms with Gasteiger partial charge in [0, 0.05) is 6.54 Å². The largest absolute Gasteiger partial charge is 0.391 e. The van der Waals surface area contributed by atoms with Crippen LogP contribution in [0.1, 0.15) is 33.1 Å². The molecule has 1 heterocycles. The molecule has 0 radical (unpaired) electrons. The van der Waals surface area contributed by atoms with E-state index < -0.39 is 6.10 Å². The van der Waals surface area contributed by atoms with Crippen LogP contribution in [0.2, 0.25) is 0 Å². The van der Waals surface area contributed by atoms with Crippen LogP contribution in [0.25, 0.3) is 0 Å². The van der Waals surface area contributed by atoms with Gasteiger partial charge in [-0.2, -0.15) is 0 Å². The molecule has 2 N–H and O–H groups in total. The van der Waals surface area contributed by atoms with Crippen molar-refractivity contribution in [1.29, 1.82) is 0 Å². The molecule has 15 heavy (non-hydrogen) atoms. The lowest BCUT2D eigenvalue weighted by molar-refractivity contribution is -0.121. The molecule has 1 saturated heterocycles. The Morgan fingerprint density at radius 3 is 2.87 bits per heavy atom. The third-order valence-corrected chi connectivity index (χ3v) is 3.85. The van der Waals surface area contributed by atoms with Crippen LogP contribution in [0, 0.1) is 5.92 Å². The number of aliphatic hydroxyl groups excluding tert-OH is 1. The van der Waals surface area contributed by atoms with Crippen LogP contribution in [0.4, 0.5) is 0 Å². The first-order valence-electron chi connectivity index (χ1n) is 5.67. The first-order valence-corrected chi connectivity index (χ1v) is 6.72. The second-order valence-electron chi connectivity index (χ2n) is 4.53. The summed E-state index contributed by atoms with van der Waals surface area (Å²) in [5.41, 5.74) is 0. The van der Waals surface area contributed by atoms with Crippen molar-refractivity contribution >= 4 is 17.7 Å². The van der Waals surface area contributed by atoms with E-state index in [1.165, 1.54) is 0 Å². The topological polar surface area (TPSA) is 49.3 Å². The zero-order chi connectivity index (χ0) is 11.3. The number of carbonyl (C=O) groups is 1. The summed E-state index contributed by atoms with van der Waals surface area (Å²) in [4.78, 5) is 11.6. The summed E-state index contributed by atoms with van der Waals surface area (Å²) in [6.07, 6.45) is 2.46. The Bertz CT molecular complexity index is 203. The fraction of sp³-hybridized carbons (Fsp3) is 0.909. The monoisotopic (exact) mass is 231 g/mol. The minimum atomic E-state index is -0.402. The van der Waals surface area contributed by atoms with Crippen LogP contribution in [0.15, 0.2) is 0 Å². The molecule has 0 saturated carbocycles. The molecule has 1 aliphatic heterocycles. The van der Waals surface area contributed by atoms with Crippen molar-refractivity contribution in [2.24, 2.45) is 5.92 Å². The SMILES string of the molecule is CC(C)CC(O)CNC(=O)C1CCCS1. The van der Waals surface area contributed by atoms with Gasteiger partial charge in [0.25, 0.3) is 0 Å². The highest BCUT2D eigenvalue weighted by atomic mass is 32.2. The fourth-order valence-corrected chi connectivity index (χ4v) is 2.93. The van der Waals surface area contributed by atoms with Gasteiger partial charge in [-0.3, -0.25) is 4.79 Å². The van der Waals surface area contributed by atoms with Gasteiger partial charge < -0.3 is 10.4 Å². The fourth-order valence-electron chi connectivity index (χ4n) is 1.74. The van der Waals surface area contributed by atoms with E-state index in [1.54, 1.807) is 11.8 Å². The predicted octanol–water partition coefficient (Wildman–Crippen LogP) is 1.41. The number of hydrogen-bond acceptors (Lipinski definition) is 3. The lowest BCUT2D eigenvalue weighted by atomic mass is 10.1. The van der Waals surface area contributed by atoms with Crippen molar-refractivity contribution < 1.29 is 9.90 Å². The minimum absolute atomic E-state index is 0.0975. The van der Waals surface area contributed by atoms with Gasteiger partial charge in [0.05, 0.1) is 11.4 Å². The van der Waals surface area contributed by atoms with E-state index in [-0.39, 0.29) is 11.2 Å². The number of hydrogen-bond donors (Lipinski definition) is 2. The minimum Gasteiger partial charge on any atom is -0.391 e. The molecule has 1 rings (SSSR count). The maximum atomic E-state index is 11.6. The molecule has 0 spiro atoms. The van der Waals surface area contributed by atoms with E-state index in [2.05, 4.69) is 19.2 Å². The molecule has 1 aliphatic rings. The lowest BCUT2D eigenvalue weighted by Gasteiger charge is -2.15. The zero-order valence-electron chi connectivity index (χ0n) is 9.53. The summed E-state index contributed by atoms with van der Waals surface area (Å²) >= 11 is 1.72. The summed E-state index contributed by atoms with van der Waals surface area (Å²) in [6.45, 7) is 4.53. The van der Waals surface area contributed by atoms with Gasteiger partial charge in [-0.25, -0.2) is 0 Å². The first kappa shape index (κ1) is 12.8. The molecule has 3 nitrogen and oxygen atoms in total. The van der Waals surface area contributed by atoms with Crippen molar-refractivity contribution in [3.8, 4) is 0 Å². The van der Waals surface area contributed by atoms with Gasteiger partial charge in [-0.05, 0) is 30.9 Å². The number of nitrogens with one attached hydrogen (secondary N) is 1. The molecule has 0 aromatic carbocycles. The molecule has 1 fully saturated rings. The summed E-state index contributed by atoms with van der Waals surface area (Å²) in [5, 5.41) is 12.5. The van der Waals surface area contributed by atoms with E-state index in [0.717, 1.165) is 25.0 Å². The van der Waals surface area contributed by atoms with Crippen molar-refractivity contribution in [2.45, 2.75) is 44.5 Å². The normalized spacial score (nSPS) is 23.1. The summed E-state index contributed by atoms with van der Waals surface area (Å²) in [6, 6.07) is 0. The zero-order valence-corrected chi connectivity index (χ0v) is 10.3. The summed E-state index contributed by atoms with van der Waals surface area (Å²) in [7, 11) is 0. The highest BCUT2D eigenvalue weighted by Crippen LogP contribution is 2.25. The maximum absolute atomic E-state index is 11.6. The van der Waals surface area contributed by atoms with Gasteiger partial charge in [-0.15, -0.1) is 11.8 Å². The maximum Gasteiger partial charge on any atom is 0.233 e. The third-order valence-electron chi connectivity index (χ3n) is 2.48. The Morgan fingerprint density at radius 1 is 1.60 bits per heavy atom. The standard InChI is InChI=1S/C11H21NO2S/c1-8(2)6-9(13)7-12-11(14)10-4-3-5-15-10/h8-10,13H,3-7H2,1-2H3,(H,12,14). The van der Waals surface area contributed by atoms with Crippen LogP contribution in [-0.2, 0) is 4.79 Å². The Kier molecular flexibility index (Phi) is 5.47. The summed E-state index contributed by atoms with van der Waals surface area (Å²) < 4.78 is 0. The van der Waals surface area contributed by atoms with Gasteiger partial charge in [0.2, 0.25) is 5.91 Å². The number of aliphatic hydroxyl groups is 1. The Balaban J connectivity index is 2.15. The molecule has 88 valence electrons. The Morgan fingerprint density at radius 2 is 2.33 bits per heavy atom. The average Bonchev–Trinajstić information content (AvgIpc) is 2.65. The van der Waals surface area contributed by atoms with Gasteiger partial charge >= 0.3 is 0 Å². The number of amides is 1. The molecule has 0 aromatic rings. The van der Waals surface area contributed by atoms with E-state index >= 15 is 0 Å². The predicted molar refractivity (Wildman–Crippen MR) is 64.0 cm³/mol. The summed E-state index contributed by atoms with van der Waals surface area (Å²) in [5.74, 6) is 1.66. The molecule has 0 aromatic heterocycles. The van der Waals surface area contributed by atoms with E-state index in [9.17, 15) is 9.90 Å². The van der Waals surface area contributed by atoms with E-state index in [4.69, 9.17) is 0 Å². The smallest absolute Gasteiger partial charge is 0.233 e. The van der Waals surface area contributed by atoms with Crippen LogP contribution < -0.4 is 5.32 Å². The first-order chi connectivity index (χ1) is 7.09. The molecule has 2 atom stereocenters. The lowest BCUT2D eigenvalue weighted by Crippen LogP contribution is -2.37. The van der Waals surface area contributed by atoms with Crippen molar-refractivity contribution in [3.05, 3.63) is 0 Å². The average molecular weight is 231 g/mol. The number of thioether (sulfide) groups is 1. The molecule has 2 unspecified atom stereocenters. The molecular formula is C11H21NO2S. The molecule has 1 amide bonds. The Labute approximate surface area is 96.0 Å². The number of rotatable bonds is 5.